The lowest BCUT2D eigenvalue weighted by atomic mass is 10.1. The zero-order chi connectivity index (χ0) is 10.3. The van der Waals surface area contributed by atoms with Crippen molar-refractivity contribution in [1.29, 1.82) is 0 Å². The number of aromatic nitrogens is 2. The van der Waals surface area contributed by atoms with Crippen molar-refractivity contribution in [2.75, 3.05) is 0 Å². The minimum absolute atomic E-state index is 0.0401. The molecule has 1 aromatic carbocycles. The van der Waals surface area contributed by atoms with Crippen molar-refractivity contribution in [2.24, 2.45) is 0 Å². The molecule has 74 valence electrons. The van der Waals surface area contributed by atoms with E-state index in [0.29, 0.717) is 0 Å². The second-order valence-corrected chi connectivity index (χ2v) is 5.27. The first-order chi connectivity index (χ1) is 6.48. The first-order valence-corrected chi connectivity index (χ1v) is 5.42. The molecule has 0 amide bonds. The van der Waals surface area contributed by atoms with E-state index in [2.05, 4.69) is 48.0 Å². The summed E-state index contributed by atoms with van der Waals surface area (Å²) in [5, 5.41) is 5.70. The predicted molar refractivity (Wildman–Crippen MR) is 62.4 cm³/mol. The average Bonchev–Trinajstić information content (AvgIpc) is 2.48. The summed E-state index contributed by atoms with van der Waals surface area (Å²) in [6, 6.07) is 6.08. The molecule has 0 unspecified atom stereocenters. The van der Waals surface area contributed by atoms with E-state index in [1.165, 1.54) is 5.39 Å². The summed E-state index contributed by atoms with van der Waals surface area (Å²) in [7, 11) is 0. The molecule has 0 spiro atoms. The van der Waals surface area contributed by atoms with Gasteiger partial charge in [-0.1, -0.05) is 22.0 Å². The van der Waals surface area contributed by atoms with E-state index in [0.717, 1.165) is 9.99 Å². The number of fused-ring (bicyclic) bond motifs is 1. The van der Waals surface area contributed by atoms with E-state index in [-0.39, 0.29) is 5.54 Å². The van der Waals surface area contributed by atoms with Crippen molar-refractivity contribution in [2.45, 2.75) is 26.3 Å². The lowest BCUT2D eigenvalue weighted by molar-refractivity contribution is 0.358. The van der Waals surface area contributed by atoms with Gasteiger partial charge in [-0.05, 0) is 32.9 Å². The molecule has 0 radical (unpaired) electrons. The van der Waals surface area contributed by atoms with Crippen molar-refractivity contribution < 1.29 is 0 Å². The zero-order valence-corrected chi connectivity index (χ0v) is 10.2. The Labute approximate surface area is 92.0 Å². The van der Waals surface area contributed by atoms with Gasteiger partial charge in [-0.3, -0.25) is 4.68 Å². The van der Waals surface area contributed by atoms with E-state index >= 15 is 0 Å². The summed E-state index contributed by atoms with van der Waals surface area (Å²) in [6.07, 6.45) is 2.08. The Kier molecular flexibility index (Phi) is 2.14. The Bertz CT molecular complexity index is 466. The maximum atomic E-state index is 4.53. The van der Waals surface area contributed by atoms with Gasteiger partial charge in [0.15, 0.2) is 0 Å². The van der Waals surface area contributed by atoms with Gasteiger partial charge >= 0.3 is 0 Å². The van der Waals surface area contributed by atoms with Crippen LogP contribution in [0.3, 0.4) is 0 Å². The topological polar surface area (TPSA) is 17.8 Å². The number of rotatable bonds is 0. The number of nitrogens with zero attached hydrogens (tertiary/aromatic N) is 2. The van der Waals surface area contributed by atoms with Gasteiger partial charge in [-0.15, -0.1) is 0 Å². The van der Waals surface area contributed by atoms with Crippen LogP contribution in [-0.4, -0.2) is 9.78 Å². The van der Waals surface area contributed by atoms with Crippen LogP contribution in [0.2, 0.25) is 0 Å². The van der Waals surface area contributed by atoms with Crippen LogP contribution in [0.4, 0.5) is 0 Å². The van der Waals surface area contributed by atoms with E-state index < -0.39 is 0 Å². The van der Waals surface area contributed by atoms with Crippen molar-refractivity contribution in [3.63, 3.8) is 0 Å². The molecule has 1 aromatic heterocycles. The second kappa shape index (κ2) is 3.09. The summed E-state index contributed by atoms with van der Waals surface area (Å²) in [5.41, 5.74) is 1.08. The molecule has 0 aliphatic rings. The molecule has 0 fully saturated rings. The van der Waals surface area contributed by atoms with E-state index in [1.54, 1.807) is 0 Å². The fourth-order valence-electron chi connectivity index (χ4n) is 1.35. The first kappa shape index (κ1) is 9.71. The van der Waals surface area contributed by atoms with Crippen LogP contribution in [-0.2, 0) is 5.54 Å². The van der Waals surface area contributed by atoms with Gasteiger partial charge in [-0.25, -0.2) is 0 Å². The molecule has 2 nitrogen and oxygen atoms in total. The second-order valence-electron chi connectivity index (χ2n) is 4.42. The summed E-state index contributed by atoms with van der Waals surface area (Å²) in [6.45, 7) is 6.44. The predicted octanol–water partition coefficient (Wildman–Crippen LogP) is 3.55. The largest absolute Gasteiger partial charge is 0.266 e. The van der Waals surface area contributed by atoms with Crippen LogP contribution in [0.1, 0.15) is 20.8 Å². The molecule has 0 atom stereocenters. The fraction of sp³-hybridized carbons (Fsp3) is 0.364. The Balaban J connectivity index is 2.69. The third-order valence-corrected chi connectivity index (χ3v) is 2.88. The Morgan fingerprint density at radius 2 is 2.00 bits per heavy atom. The fourth-order valence-corrected chi connectivity index (χ4v) is 1.81. The molecular formula is C11H13BrN2. The van der Waals surface area contributed by atoms with Gasteiger partial charge in [0.25, 0.3) is 0 Å². The van der Waals surface area contributed by atoms with E-state index in [4.69, 9.17) is 0 Å². The van der Waals surface area contributed by atoms with Crippen LogP contribution in [0, 0.1) is 0 Å². The minimum Gasteiger partial charge on any atom is -0.266 e. The van der Waals surface area contributed by atoms with Gasteiger partial charge in [-0.2, -0.15) is 5.10 Å². The molecule has 0 bridgehead atoms. The monoisotopic (exact) mass is 252 g/mol. The molecule has 0 aliphatic heterocycles. The number of halogens is 1. The zero-order valence-electron chi connectivity index (χ0n) is 8.58. The lowest BCUT2D eigenvalue weighted by Gasteiger charge is -2.18. The summed E-state index contributed by atoms with van der Waals surface area (Å²) in [4.78, 5) is 0. The van der Waals surface area contributed by atoms with Crippen LogP contribution < -0.4 is 0 Å². The minimum atomic E-state index is 0.0401. The SMILES string of the molecule is CC(C)(C)n1cc2c(Br)cccc2n1. The highest BCUT2D eigenvalue weighted by molar-refractivity contribution is 9.10. The first-order valence-electron chi connectivity index (χ1n) is 4.63. The van der Waals surface area contributed by atoms with Gasteiger partial charge < -0.3 is 0 Å². The summed E-state index contributed by atoms with van der Waals surface area (Å²) < 4.78 is 3.10. The highest BCUT2D eigenvalue weighted by Gasteiger charge is 2.15. The van der Waals surface area contributed by atoms with E-state index in [9.17, 15) is 0 Å². The highest BCUT2D eigenvalue weighted by Crippen LogP contribution is 2.25. The standard InChI is InChI=1S/C11H13BrN2/c1-11(2,3)14-7-8-9(12)5-4-6-10(8)13-14/h4-7H,1-3H3. The Morgan fingerprint density at radius 3 is 2.57 bits per heavy atom. The molecule has 14 heavy (non-hydrogen) atoms. The van der Waals surface area contributed by atoms with Crippen LogP contribution in [0.15, 0.2) is 28.9 Å². The van der Waals surface area contributed by atoms with Crippen LogP contribution in [0.25, 0.3) is 10.9 Å². The number of benzene rings is 1. The maximum Gasteiger partial charge on any atom is 0.0934 e. The van der Waals surface area contributed by atoms with Crippen molar-refractivity contribution in [3.8, 4) is 0 Å². The Morgan fingerprint density at radius 1 is 1.29 bits per heavy atom. The Hall–Kier alpha value is -0.830. The molecular weight excluding hydrogens is 240 g/mol. The highest BCUT2D eigenvalue weighted by atomic mass is 79.9. The van der Waals surface area contributed by atoms with Gasteiger partial charge in [0, 0.05) is 16.1 Å². The molecule has 3 heteroatoms. The average molecular weight is 253 g/mol. The van der Waals surface area contributed by atoms with Crippen molar-refractivity contribution in [1.82, 2.24) is 9.78 Å². The lowest BCUT2D eigenvalue weighted by Crippen LogP contribution is -2.21. The summed E-state index contributed by atoms with van der Waals surface area (Å²) in [5.74, 6) is 0. The maximum absolute atomic E-state index is 4.53. The smallest absolute Gasteiger partial charge is 0.0934 e. The van der Waals surface area contributed by atoms with Gasteiger partial charge in [0.2, 0.25) is 0 Å². The quantitative estimate of drug-likeness (QED) is 0.702. The third kappa shape index (κ3) is 1.57. The van der Waals surface area contributed by atoms with Crippen LogP contribution in [0.5, 0.6) is 0 Å². The third-order valence-electron chi connectivity index (χ3n) is 2.18. The van der Waals surface area contributed by atoms with Gasteiger partial charge in [0.05, 0.1) is 11.1 Å². The van der Waals surface area contributed by atoms with E-state index in [1.807, 2.05) is 22.9 Å². The molecule has 0 aliphatic carbocycles. The molecule has 2 aromatic rings. The summed E-state index contributed by atoms with van der Waals surface area (Å²) >= 11 is 3.52. The normalized spacial score (nSPS) is 12.3. The molecule has 0 saturated heterocycles. The number of hydrogen-bond acceptors (Lipinski definition) is 1. The molecule has 0 N–H and O–H groups in total. The van der Waals surface area contributed by atoms with Crippen molar-refractivity contribution >= 4 is 26.8 Å². The van der Waals surface area contributed by atoms with Gasteiger partial charge in [0.1, 0.15) is 0 Å². The van der Waals surface area contributed by atoms with Crippen molar-refractivity contribution in [3.05, 3.63) is 28.9 Å². The molecule has 1 heterocycles. The molecule has 0 saturated carbocycles. The van der Waals surface area contributed by atoms with Crippen LogP contribution >= 0.6 is 15.9 Å². The molecule has 2 rings (SSSR count). The number of hydrogen-bond donors (Lipinski definition) is 0.